The third kappa shape index (κ3) is 5.65. The van der Waals surface area contributed by atoms with Crippen LogP contribution in [0.4, 0.5) is 11.4 Å². The van der Waals surface area contributed by atoms with Crippen LogP contribution in [0.3, 0.4) is 0 Å². The van der Waals surface area contributed by atoms with E-state index in [0.717, 1.165) is 15.9 Å². The summed E-state index contributed by atoms with van der Waals surface area (Å²) in [5, 5.41) is 4.02. The first-order chi connectivity index (χ1) is 16.7. The first-order valence-corrected chi connectivity index (χ1v) is 12.9. The third-order valence-corrected chi connectivity index (χ3v) is 6.72. The van der Waals surface area contributed by atoms with Crippen LogP contribution in [0, 0.1) is 0 Å². The van der Waals surface area contributed by atoms with Gasteiger partial charge in [0.25, 0.3) is 11.7 Å². The highest BCUT2D eigenvalue weighted by molar-refractivity contribution is 7.92. The number of Topliss-reactive ketones (excluding diaryl/α,β-unsaturated/α-hetero) is 1. The summed E-state index contributed by atoms with van der Waals surface area (Å²) in [7, 11) is -2.67. The molecule has 0 aliphatic heterocycles. The van der Waals surface area contributed by atoms with Gasteiger partial charge in [0, 0.05) is 5.56 Å². The molecule has 10 heteroatoms. The number of fused-ring (bicyclic) bond motifs is 1. The molecule has 0 aromatic heterocycles. The van der Waals surface area contributed by atoms with E-state index in [1.807, 2.05) is 39.0 Å². The first-order valence-electron chi connectivity index (χ1n) is 11.1. The first kappa shape index (κ1) is 26.7. The topological polar surface area (TPSA) is 136 Å². The van der Waals surface area contributed by atoms with E-state index in [2.05, 4.69) is 5.32 Å². The van der Waals surface area contributed by atoms with Gasteiger partial charge in [0.05, 0.1) is 24.7 Å². The van der Waals surface area contributed by atoms with E-state index in [-0.39, 0.29) is 22.7 Å². The number of nitrogens with one attached hydrogen (secondary N) is 1. The fourth-order valence-corrected chi connectivity index (χ4v) is 4.64. The molecule has 0 unspecified atom stereocenters. The highest BCUT2D eigenvalue weighted by Crippen LogP contribution is 2.41. The second-order valence-electron chi connectivity index (χ2n) is 9.37. The molecule has 0 heterocycles. The number of primary amides is 1. The van der Waals surface area contributed by atoms with Crippen molar-refractivity contribution in [1.82, 2.24) is 0 Å². The van der Waals surface area contributed by atoms with Gasteiger partial charge in [-0.05, 0) is 33.9 Å². The number of sulfonamides is 1. The molecule has 190 valence electrons. The highest BCUT2D eigenvalue weighted by atomic mass is 32.2. The molecular weight excluding hydrogens is 482 g/mol. The predicted molar refractivity (Wildman–Crippen MR) is 140 cm³/mol. The average Bonchev–Trinajstić information content (AvgIpc) is 2.79. The maximum Gasteiger partial charge on any atom is 0.296 e. The quantitative estimate of drug-likeness (QED) is 0.352. The summed E-state index contributed by atoms with van der Waals surface area (Å²) in [4.78, 5) is 38.0. The Kier molecular flexibility index (Phi) is 7.40. The van der Waals surface area contributed by atoms with E-state index in [1.54, 1.807) is 36.4 Å². The van der Waals surface area contributed by atoms with Gasteiger partial charge in [-0.15, -0.1) is 0 Å². The Bertz CT molecular complexity index is 1450. The van der Waals surface area contributed by atoms with Gasteiger partial charge in [0.1, 0.15) is 6.54 Å². The van der Waals surface area contributed by atoms with Gasteiger partial charge in [-0.25, -0.2) is 8.42 Å². The number of ether oxygens (including phenoxy) is 1. The number of hydrogen-bond donors (Lipinski definition) is 2. The Labute approximate surface area is 210 Å². The maximum absolute atomic E-state index is 13.1. The van der Waals surface area contributed by atoms with Gasteiger partial charge in [0.2, 0.25) is 15.9 Å². The number of rotatable bonds is 8. The fourth-order valence-electron chi connectivity index (χ4n) is 3.79. The Morgan fingerprint density at radius 2 is 1.67 bits per heavy atom. The van der Waals surface area contributed by atoms with Crippen LogP contribution in [-0.2, 0) is 25.0 Å². The van der Waals surface area contributed by atoms with Crippen molar-refractivity contribution in [2.45, 2.75) is 26.2 Å². The molecule has 2 amide bonds. The molecule has 0 saturated carbocycles. The molecule has 3 N–H and O–H groups in total. The Morgan fingerprint density at radius 1 is 1.03 bits per heavy atom. The van der Waals surface area contributed by atoms with Crippen molar-refractivity contribution in [3.63, 3.8) is 0 Å². The molecule has 36 heavy (non-hydrogen) atoms. The van der Waals surface area contributed by atoms with Gasteiger partial charge >= 0.3 is 0 Å². The summed E-state index contributed by atoms with van der Waals surface area (Å²) in [5.74, 6) is -2.61. The van der Waals surface area contributed by atoms with Crippen LogP contribution >= 0.6 is 0 Å². The number of nitrogens with two attached hydrogens (primary N) is 1. The highest BCUT2D eigenvalue weighted by Gasteiger charge is 2.29. The smallest absolute Gasteiger partial charge is 0.296 e. The van der Waals surface area contributed by atoms with Gasteiger partial charge in [-0.1, -0.05) is 63.2 Å². The molecule has 0 atom stereocenters. The molecule has 3 aromatic carbocycles. The molecule has 0 saturated heterocycles. The molecule has 3 rings (SSSR count). The van der Waals surface area contributed by atoms with Crippen molar-refractivity contribution in [3.8, 4) is 5.75 Å². The van der Waals surface area contributed by atoms with Crippen LogP contribution in [0.15, 0.2) is 54.6 Å². The largest absolute Gasteiger partial charge is 0.492 e. The average molecular weight is 512 g/mol. The summed E-state index contributed by atoms with van der Waals surface area (Å²) in [6, 6.07) is 15.5. The number of anilines is 2. The van der Waals surface area contributed by atoms with Crippen LogP contribution in [0.2, 0.25) is 0 Å². The van der Waals surface area contributed by atoms with Crippen LogP contribution in [0.1, 0.15) is 36.7 Å². The number of carbonyl (C=O) groups is 3. The van der Waals surface area contributed by atoms with E-state index in [4.69, 9.17) is 10.5 Å². The monoisotopic (exact) mass is 511 g/mol. The lowest BCUT2D eigenvalue weighted by Gasteiger charge is -2.28. The van der Waals surface area contributed by atoms with Crippen molar-refractivity contribution < 1.29 is 27.5 Å². The minimum absolute atomic E-state index is 0.0131. The second-order valence-corrected chi connectivity index (χ2v) is 11.3. The van der Waals surface area contributed by atoms with E-state index in [9.17, 15) is 22.8 Å². The van der Waals surface area contributed by atoms with E-state index in [1.165, 1.54) is 7.11 Å². The summed E-state index contributed by atoms with van der Waals surface area (Å²) < 4.78 is 31.4. The Hall–Kier alpha value is -3.92. The van der Waals surface area contributed by atoms with E-state index < -0.39 is 39.6 Å². The molecule has 0 bridgehead atoms. The van der Waals surface area contributed by atoms with Gasteiger partial charge < -0.3 is 15.8 Å². The van der Waals surface area contributed by atoms with Crippen molar-refractivity contribution in [1.29, 1.82) is 0 Å². The fraction of sp³-hybridized carbons (Fsp3) is 0.269. The predicted octanol–water partition coefficient (Wildman–Crippen LogP) is 3.22. The normalized spacial score (nSPS) is 11.7. The third-order valence-electron chi connectivity index (χ3n) is 5.60. The van der Waals surface area contributed by atoms with Crippen LogP contribution in [0.25, 0.3) is 10.8 Å². The van der Waals surface area contributed by atoms with Crippen molar-refractivity contribution >= 4 is 49.8 Å². The number of hydrogen-bond acceptors (Lipinski definition) is 6. The van der Waals surface area contributed by atoms with Crippen molar-refractivity contribution in [2.75, 3.05) is 29.5 Å². The van der Waals surface area contributed by atoms with Crippen LogP contribution < -0.4 is 20.1 Å². The summed E-state index contributed by atoms with van der Waals surface area (Å²) in [5.41, 5.74) is 5.77. The van der Waals surface area contributed by atoms with Crippen molar-refractivity contribution in [2.24, 2.45) is 5.73 Å². The number of methoxy groups -OCH3 is 1. The zero-order chi connectivity index (χ0) is 26.8. The van der Waals surface area contributed by atoms with Crippen molar-refractivity contribution in [3.05, 3.63) is 65.7 Å². The molecule has 0 aliphatic carbocycles. The number of benzene rings is 3. The Balaban J connectivity index is 2.14. The lowest BCUT2D eigenvalue weighted by atomic mass is 9.86. The van der Waals surface area contributed by atoms with Gasteiger partial charge in [-0.2, -0.15) is 0 Å². The number of nitrogens with zero attached hydrogens (tertiary/aromatic N) is 1. The second kappa shape index (κ2) is 9.98. The van der Waals surface area contributed by atoms with Gasteiger partial charge in [0.15, 0.2) is 5.75 Å². The molecular formula is C26H29N3O6S. The Morgan fingerprint density at radius 3 is 2.25 bits per heavy atom. The molecule has 0 aliphatic rings. The number of carbonyl (C=O) groups excluding carboxylic acids is 3. The zero-order valence-electron chi connectivity index (χ0n) is 20.8. The van der Waals surface area contributed by atoms with E-state index in [0.29, 0.717) is 10.9 Å². The van der Waals surface area contributed by atoms with Crippen LogP contribution in [0.5, 0.6) is 5.75 Å². The minimum atomic E-state index is -3.96. The summed E-state index contributed by atoms with van der Waals surface area (Å²) in [6.07, 6.45) is 0.932. The van der Waals surface area contributed by atoms with Crippen LogP contribution in [-0.4, -0.2) is 45.9 Å². The summed E-state index contributed by atoms with van der Waals surface area (Å²) in [6.45, 7) is 5.05. The molecule has 0 spiro atoms. The maximum atomic E-state index is 13.1. The van der Waals surface area contributed by atoms with Gasteiger partial charge in [-0.3, -0.25) is 18.7 Å². The lowest BCUT2D eigenvalue weighted by Crippen LogP contribution is -2.38. The molecule has 9 nitrogen and oxygen atoms in total. The van der Waals surface area contributed by atoms with E-state index >= 15 is 0 Å². The molecule has 0 radical (unpaired) electrons. The lowest BCUT2D eigenvalue weighted by molar-refractivity contribution is -0.116. The standard InChI is InChI=1S/C26H29N3O6S/c1-26(2,3)17-13-20(24(35-4)21(14-17)29(15-22(27)30)36(5,33)34)28-25(32)23(31)19-12-8-10-16-9-6-7-11-18(16)19/h6-14H,15H2,1-5H3,(H2,27,30)(H,28,32). The molecule has 3 aromatic rings. The number of ketones is 1. The number of amides is 2. The zero-order valence-corrected chi connectivity index (χ0v) is 21.6. The molecule has 0 fully saturated rings. The summed E-state index contributed by atoms with van der Waals surface area (Å²) >= 11 is 0. The SMILES string of the molecule is COc1c(NC(=O)C(=O)c2cccc3ccccc23)cc(C(C)(C)C)cc1N(CC(N)=O)S(C)(=O)=O. The minimum Gasteiger partial charge on any atom is -0.492 e.